The average molecular weight is 312 g/mol. The van der Waals surface area contributed by atoms with Crippen LogP contribution in [0.2, 0.25) is 0 Å². The summed E-state index contributed by atoms with van der Waals surface area (Å²) in [5.41, 5.74) is 1.95. The molecule has 1 aliphatic heterocycles. The molecule has 1 aromatic carbocycles. The topological polar surface area (TPSA) is 64.4 Å². The number of para-hydroxylation sites is 1. The van der Waals surface area contributed by atoms with Crippen LogP contribution in [0, 0.1) is 5.92 Å². The quantitative estimate of drug-likeness (QED) is 0.921. The molecule has 5 nitrogen and oxygen atoms in total. The van der Waals surface area contributed by atoms with Crippen LogP contribution in [0.1, 0.15) is 48.7 Å². The molecule has 4 rings (SSSR count). The lowest BCUT2D eigenvalue weighted by Gasteiger charge is -2.29. The number of hydrogen-bond acceptors (Lipinski definition) is 4. The molecule has 0 radical (unpaired) electrons. The van der Waals surface area contributed by atoms with Gasteiger partial charge in [0.25, 0.3) is 5.91 Å². The molecule has 120 valence electrons. The van der Waals surface area contributed by atoms with Crippen LogP contribution in [-0.2, 0) is 6.61 Å². The van der Waals surface area contributed by atoms with Crippen LogP contribution >= 0.6 is 0 Å². The van der Waals surface area contributed by atoms with Gasteiger partial charge in [-0.1, -0.05) is 37.1 Å². The molecule has 0 spiro atoms. The first kappa shape index (κ1) is 14.3. The van der Waals surface area contributed by atoms with Gasteiger partial charge in [0.1, 0.15) is 12.4 Å². The Bertz CT molecular complexity index is 738. The van der Waals surface area contributed by atoms with Crippen molar-refractivity contribution in [3.63, 3.8) is 0 Å². The Morgan fingerprint density at radius 2 is 2.09 bits per heavy atom. The SMILES string of the molecule is C[C@@H]1CCCC[C@H]1NC(=O)c1noc2c1COc1ccccc1-2. The molecular formula is C18H20N2O3. The number of carbonyl (C=O) groups is 1. The highest BCUT2D eigenvalue weighted by Crippen LogP contribution is 2.38. The van der Waals surface area contributed by atoms with E-state index in [2.05, 4.69) is 17.4 Å². The molecule has 2 aromatic rings. The molecule has 5 heteroatoms. The maximum atomic E-state index is 12.6. The van der Waals surface area contributed by atoms with Crippen molar-refractivity contribution < 1.29 is 14.1 Å². The van der Waals surface area contributed by atoms with Gasteiger partial charge in [0.05, 0.1) is 11.1 Å². The first-order chi connectivity index (χ1) is 11.2. The van der Waals surface area contributed by atoms with Gasteiger partial charge in [0.2, 0.25) is 0 Å². The Balaban J connectivity index is 1.59. The normalized spacial score (nSPS) is 22.7. The fourth-order valence-electron chi connectivity index (χ4n) is 3.53. The summed E-state index contributed by atoms with van der Waals surface area (Å²) in [5, 5.41) is 7.15. The van der Waals surface area contributed by atoms with Crippen molar-refractivity contribution in [1.82, 2.24) is 10.5 Å². The zero-order valence-electron chi connectivity index (χ0n) is 13.2. The summed E-state index contributed by atoms with van der Waals surface area (Å²) in [4.78, 5) is 12.6. The van der Waals surface area contributed by atoms with E-state index >= 15 is 0 Å². The molecule has 23 heavy (non-hydrogen) atoms. The van der Waals surface area contributed by atoms with Crippen LogP contribution in [0.15, 0.2) is 28.8 Å². The van der Waals surface area contributed by atoms with Gasteiger partial charge >= 0.3 is 0 Å². The first-order valence-electron chi connectivity index (χ1n) is 8.25. The third-order valence-corrected chi connectivity index (χ3v) is 4.93. The number of nitrogens with one attached hydrogen (secondary N) is 1. The lowest BCUT2D eigenvalue weighted by molar-refractivity contribution is 0.0899. The van der Waals surface area contributed by atoms with E-state index in [4.69, 9.17) is 9.26 Å². The highest BCUT2D eigenvalue weighted by Gasteiger charge is 2.30. The van der Waals surface area contributed by atoms with E-state index < -0.39 is 0 Å². The fourth-order valence-corrected chi connectivity index (χ4v) is 3.53. The van der Waals surface area contributed by atoms with E-state index in [0.29, 0.717) is 24.0 Å². The smallest absolute Gasteiger partial charge is 0.274 e. The number of carbonyl (C=O) groups excluding carboxylic acids is 1. The fraction of sp³-hybridized carbons (Fsp3) is 0.444. The number of benzene rings is 1. The van der Waals surface area contributed by atoms with E-state index in [1.165, 1.54) is 19.3 Å². The largest absolute Gasteiger partial charge is 0.488 e. The Morgan fingerprint density at radius 3 is 2.96 bits per heavy atom. The molecule has 1 fully saturated rings. The van der Waals surface area contributed by atoms with E-state index in [9.17, 15) is 4.79 Å². The molecule has 0 saturated heterocycles. The lowest BCUT2D eigenvalue weighted by Crippen LogP contribution is -2.41. The third-order valence-electron chi connectivity index (χ3n) is 4.93. The van der Waals surface area contributed by atoms with Gasteiger partial charge < -0.3 is 14.6 Å². The minimum atomic E-state index is -0.156. The van der Waals surface area contributed by atoms with Crippen molar-refractivity contribution >= 4 is 5.91 Å². The number of amides is 1. The summed E-state index contributed by atoms with van der Waals surface area (Å²) in [6.07, 6.45) is 4.62. The van der Waals surface area contributed by atoms with Crippen molar-refractivity contribution in [2.24, 2.45) is 5.92 Å². The van der Waals surface area contributed by atoms with Crippen LogP contribution in [0.25, 0.3) is 11.3 Å². The maximum Gasteiger partial charge on any atom is 0.274 e. The summed E-state index contributed by atoms with van der Waals surface area (Å²) in [7, 11) is 0. The highest BCUT2D eigenvalue weighted by molar-refractivity contribution is 5.95. The molecule has 2 atom stereocenters. The lowest BCUT2D eigenvalue weighted by atomic mass is 9.86. The molecule has 1 aromatic heterocycles. The van der Waals surface area contributed by atoms with E-state index in [1.54, 1.807) is 0 Å². The molecule has 1 N–H and O–H groups in total. The third kappa shape index (κ3) is 2.50. The zero-order valence-corrected chi connectivity index (χ0v) is 13.2. The van der Waals surface area contributed by atoms with Crippen molar-refractivity contribution in [2.45, 2.75) is 45.3 Å². The molecule has 1 aliphatic carbocycles. The Hall–Kier alpha value is -2.30. The van der Waals surface area contributed by atoms with Crippen LogP contribution in [-0.4, -0.2) is 17.1 Å². The summed E-state index contributed by atoms with van der Waals surface area (Å²) in [5.74, 6) is 1.77. The number of rotatable bonds is 2. The number of nitrogens with zero attached hydrogens (tertiary/aromatic N) is 1. The summed E-state index contributed by atoms with van der Waals surface area (Å²) in [6.45, 7) is 2.51. The van der Waals surface area contributed by atoms with Crippen LogP contribution in [0.3, 0.4) is 0 Å². The van der Waals surface area contributed by atoms with E-state index in [1.807, 2.05) is 24.3 Å². The second-order valence-electron chi connectivity index (χ2n) is 6.47. The van der Waals surface area contributed by atoms with E-state index in [0.717, 1.165) is 23.3 Å². The van der Waals surface area contributed by atoms with Crippen molar-refractivity contribution in [3.05, 3.63) is 35.5 Å². The second kappa shape index (κ2) is 5.72. The molecular weight excluding hydrogens is 292 g/mol. The summed E-state index contributed by atoms with van der Waals surface area (Å²) < 4.78 is 11.2. The zero-order chi connectivity index (χ0) is 15.8. The molecule has 0 bridgehead atoms. The molecule has 0 unspecified atom stereocenters. The predicted octanol–water partition coefficient (Wildman–Crippen LogP) is 3.54. The van der Waals surface area contributed by atoms with Crippen molar-refractivity contribution in [2.75, 3.05) is 0 Å². The molecule has 2 heterocycles. The van der Waals surface area contributed by atoms with Crippen LogP contribution < -0.4 is 10.1 Å². The Labute approximate surface area is 135 Å². The summed E-state index contributed by atoms with van der Waals surface area (Å²) >= 11 is 0. The van der Waals surface area contributed by atoms with Gasteiger partial charge in [-0.25, -0.2) is 0 Å². The minimum Gasteiger partial charge on any atom is -0.488 e. The summed E-state index contributed by atoms with van der Waals surface area (Å²) in [6, 6.07) is 7.87. The van der Waals surface area contributed by atoms with Gasteiger partial charge in [-0.15, -0.1) is 0 Å². The standard InChI is InChI=1S/C18H20N2O3/c1-11-6-2-4-8-14(11)19-18(21)16-13-10-22-15-9-5-3-7-12(15)17(13)23-20-16/h3,5,7,9,11,14H,2,4,6,8,10H2,1H3,(H,19,21)/t11-,14-/m1/s1. The number of hydrogen-bond donors (Lipinski definition) is 1. The molecule has 1 saturated carbocycles. The van der Waals surface area contributed by atoms with Gasteiger partial charge in [0, 0.05) is 6.04 Å². The van der Waals surface area contributed by atoms with Gasteiger partial charge in [0.15, 0.2) is 11.5 Å². The molecule has 2 aliphatic rings. The number of fused-ring (bicyclic) bond motifs is 3. The van der Waals surface area contributed by atoms with Gasteiger partial charge in [-0.3, -0.25) is 4.79 Å². The minimum absolute atomic E-state index is 0.156. The van der Waals surface area contributed by atoms with Crippen molar-refractivity contribution in [1.29, 1.82) is 0 Å². The number of aromatic nitrogens is 1. The first-order valence-corrected chi connectivity index (χ1v) is 8.25. The maximum absolute atomic E-state index is 12.6. The van der Waals surface area contributed by atoms with Crippen LogP contribution in [0.4, 0.5) is 0 Å². The van der Waals surface area contributed by atoms with Crippen molar-refractivity contribution in [3.8, 4) is 17.1 Å². The second-order valence-corrected chi connectivity index (χ2v) is 6.47. The number of ether oxygens (including phenoxy) is 1. The Kier molecular flexibility index (Phi) is 3.56. The Morgan fingerprint density at radius 1 is 1.26 bits per heavy atom. The van der Waals surface area contributed by atoms with Gasteiger partial charge in [-0.2, -0.15) is 0 Å². The highest BCUT2D eigenvalue weighted by atomic mass is 16.5. The van der Waals surface area contributed by atoms with Crippen LogP contribution in [0.5, 0.6) is 5.75 Å². The predicted molar refractivity (Wildman–Crippen MR) is 85.2 cm³/mol. The monoisotopic (exact) mass is 312 g/mol. The van der Waals surface area contributed by atoms with Gasteiger partial charge in [-0.05, 0) is 30.9 Å². The molecule has 1 amide bonds. The van der Waals surface area contributed by atoms with E-state index in [-0.39, 0.29) is 11.9 Å². The average Bonchev–Trinajstić information content (AvgIpc) is 3.01.